The molecule has 3 heterocycles. The SMILES string of the molecule is O=C(CN1CCN(C(=O)c2ccc3ncsc3c2)CC1)c1ccco1. The number of nitrogens with zero attached hydrogens (tertiary/aromatic N) is 3. The van der Waals surface area contributed by atoms with Crippen molar-refractivity contribution in [3.63, 3.8) is 0 Å². The highest BCUT2D eigenvalue weighted by atomic mass is 32.1. The molecule has 1 aromatic carbocycles. The molecule has 1 aliphatic heterocycles. The van der Waals surface area contributed by atoms with Crippen LogP contribution in [0.1, 0.15) is 20.9 Å². The number of aromatic nitrogens is 1. The van der Waals surface area contributed by atoms with Crippen LogP contribution in [0.4, 0.5) is 0 Å². The van der Waals surface area contributed by atoms with Crippen molar-refractivity contribution >= 4 is 33.2 Å². The Labute approximate surface area is 148 Å². The summed E-state index contributed by atoms with van der Waals surface area (Å²) in [5.41, 5.74) is 3.40. The largest absolute Gasteiger partial charge is 0.461 e. The fraction of sp³-hybridized carbons (Fsp3) is 0.278. The van der Waals surface area contributed by atoms with Crippen molar-refractivity contribution in [2.45, 2.75) is 0 Å². The van der Waals surface area contributed by atoms with Gasteiger partial charge in [0.05, 0.1) is 28.5 Å². The third-order valence-corrected chi connectivity index (χ3v) is 5.19. The van der Waals surface area contributed by atoms with Gasteiger partial charge in [0.25, 0.3) is 5.91 Å². The molecule has 0 unspecified atom stereocenters. The van der Waals surface area contributed by atoms with Crippen LogP contribution >= 0.6 is 11.3 Å². The molecule has 4 rings (SSSR count). The molecule has 0 saturated carbocycles. The van der Waals surface area contributed by atoms with Gasteiger partial charge in [0.2, 0.25) is 5.78 Å². The van der Waals surface area contributed by atoms with Gasteiger partial charge in [-0.1, -0.05) is 0 Å². The molecule has 0 atom stereocenters. The Kier molecular flexibility index (Phi) is 4.33. The molecule has 1 aliphatic rings. The highest BCUT2D eigenvalue weighted by molar-refractivity contribution is 7.16. The highest BCUT2D eigenvalue weighted by Gasteiger charge is 2.24. The lowest BCUT2D eigenvalue weighted by Gasteiger charge is -2.34. The van der Waals surface area contributed by atoms with E-state index < -0.39 is 0 Å². The number of Topliss-reactive ketones (excluding diaryl/α,β-unsaturated/α-hetero) is 1. The van der Waals surface area contributed by atoms with Crippen LogP contribution in [0.15, 0.2) is 46.5 Å². The minimum Gasteiger partial charge on any atom is -0.461 e. The first-order valence-electron chi connectivity index (χ1n) is 8.12. The summed E-state index contributed by atoms with van der Waals surface area (Å²) in [6, 6.07) is 9.01. The Hall–Kier alpha value is -2.51. The minimum atomic E-state index is -0.0274. The quantitative estimate of drug-likeness (QED) is 0.673. The molecule has 0 bridgehead atoms. The average molecular weight is 355 g/mol. The van der Waals surface area contributed by atoms with E-state index >= 15 is 0 Å². The van der Waals surface area contributed by atoms with Crippen LogP contribution in [-0.4, -0.2) is 59.2 Å². The van der Waals surface area contributed by atoms with Crippen molar-refractivity contribution in [3.05, 3.63) is 53.4 Å². The summed E-state index contributed by atoms with van der Waals surface area (Å²) in [6.07, 6.45) is 1.50. The molecule has 0 spiro atoms. The van der Waals surface area contributed by atoms with Crippen LogP contribution < -0.4 is 0 Å². The van der Waals surface area contributed by atoms with Crippen molar-refractivity contribution in [2.24, 2.45) is 0 Å². The van der Waals surface area contributed by atoms with E-state index in [0.29, 0.717) is 44.0 Å². The number of carbonyl (C=O) groups is 2. The smallest absolute Gasteiger partial charge is 0.253 e. The second-order valence-corrected chi connectivity index (χ2v) is 6.89. The summed E-state index contributed by atoms with van der Waals surface area (Å²) in [7, 11) is 0. The molecule has 1 amide bonds. The van der Waals surface area contributed by atoms with E-state index in [1.54, 1.807) is 17.6 Å². The fourth-order valence-corrected chi connectivity index (χ4v) is 3.71. The highest BCUT2D eigenvalue weighted by Crippen LogP contribution is 2.20. The number of rotatable bonds is 4. The topological polar surface area (TPSA) is 66.7 Å². The first kappa shape index (κ1) is 16.0. The van der Waals surface area contributed by atoms with Crippen molar-refractivity contribution < 1.29 is 14.0 Å². The third-order valence-electron chi connectivity index (χ3n) is 4.40. The zero-order valence-corrected chi connectivity index (χ0v) is 14.4. The summed E-state index contributed by atoms with van der Waals surface area (Å²) in [4.78, 5) is 32.9. The lowest BCUT2D eigenvalue weighted by atomic mass is 10.1. The second kappa shape index (κ2) is 6.78. The maximum Gasteiger partial charge on any atom is 0.253 e. The molecule has 128 valence electrons. The van der Waals surface area contributed by atoms with Gasteiger partial charge in [0, 0.05) is 31.7 Å². The van der Waals surface area contributed by atoms with E-state index in [1.165, 1.54) is 17.6 Å². The molecule has 0 radical (unpaired) electrons. The fourth-order valence-electron chi connectivity index (χ4n) is 3.00. The van der Waals surface area contributed by atoms with Gasteiger partial charge in [0.15, 0.2) is 5.76 Å². The third kappa shape index (κ3) is 3.33. The number of benzene rings is 1. The van der Waals surface area contributed by atoms with Gasteiger partial charge in [-0.3, -0.25) is 14.5 Å². The molecule has 6 nitrogen and oxygen atoms in total. The predicted molar refractivity (Wildman–Crippen MR) is 95.0 cm³/mol. The molecule has 25 heavy (non-hydrogen) atoms. The Morgan fingerprint density at radius 1 is 1.16 bits per heavy atom. The predicted octanol–water partition coefficient (Wildman–Crippen LogP) is 2.53. The Morgan fingerprint density at radius 2 is 2.00 bits per heavy atom. The van der Waals surface area contributed by atoms with Crippen LogP contribution in [0.25, 0.3) is 10.2 Å². The van der Waals surface area contributed by atoms with Crippen LogP contribution in [0.2, 0.25) is 0 Å². The standard InChI is InChI=1S/C18H17N3O3S/c22-15(16-2-1-9-24-16)11-20-5-7-21(8-6-20)18(23)13-3-4-14-17(10-13)25-12-19-14/h1-4,9-10,12H,5-8,11H2. The zero-order valence-electron chi connectivity index (χ0n) is 13.6. The van der Waals surface area contributed by atoms with Gasteiger partial charge in [-0.05, 0) is 30.3 Å². The summed E-state index contributed by atoms with van der Waals surface area (Å²) in [5.74, 6) is 0.393. The number of furan rings is 1. The number of hydrogen-bond acceptors (Lipinski definition) is 6. The van der Waals surface area contributed by atoms with E-state index in [1.807, 2.05) is 23.1 Å². The number of hydrogen-bond donors (Lipinski definition) is 0. The van der Waals surface area contributed by atoms with Gasteiger partial charge >= 0.3 is 0 Å². The Bertz CT molecular complexity index is 895. The first-order valence-corrected chi connectivity index (χ1v) is 9.00. The number of fused-ring (bicyclic) bond motifs is 1. The molecule has 0 N–H and O–H groups in total. The van der Waals surface area contributed by atoms with Gasteiger partial charge in [0.1, 0.15) is 0 Å². The maximum atomic E-state index is 12.7. The first-order chi connectivity index (χ1) is 12.2. The van der Waals surface area contributed by atoms with E-state index in [-0.39, 0.29) is 11.7 Å². The average Bonchev–Trinajstić information content (AvgIpc) is 3.32. The minimum absolute atomic E-state index is 0.0274. The van der Waals surface area contributed by atoms with Crippen LogP contribution in [-0.2, 0) is 0 Å². The lowest BCUT2D eigenvalue weighted by Crippen LogP contribution is -2.49. The summed E-state index contributed by atoms with van der Waals surface area (Å²) < 4.78 is 6.16. The maximum absolute atomic E-state index is 12.7. The van der Waals surface area contributed by atoms with Crippen molar-refractivity contribution in [1.29, 1.82) is 0 Å². The monoisotopic (exact) mass is 355 g/mol. The van der Waals surface area contributed by atoms with Gasteiger partial charge < -0.3 is 9.32 Å². The summed E-state index contributed by atoms with van der Waals surface area (Å²) >= 11 is 1.53. The van der Waals surface area contributed by atoms with Crippen LogP contribution in [0.3, 0.4) is 0 Å². The van der Waals surface area contributed by atoms with Gasteiger partial charge in [-0.2, -0.15) is 0 Å². The molecule has 2 aromatic heterocycles. The van der Waals surface area contributed by atoms with Crippen molar-refractivity contribution in [3.8, 4) is 0 Å². The number of thiazole rings is 1. The molecule has 3 aromatic rings. The Morgan fingerprint density at radius 3 is 2.76 bits per heavy atom. The number of carbonyl (C=O) groups excluding carboxylic acids is 2. The molecule has 0 aliphatic carbocycles. The van der Waals surface area contributed by atoms with Crippen LogP contribution in [0, 0.1) is 0 Å². The second-order valence-electron chi connectivity index (χ2n) is 6.00. The summed E-state index contributed by atoms with van der Waals surface area (Å²) in [6.45, 7) is 2.92. The normalized spacial score (nSPS) is 15.6. The van der Waals surface area contributed by atoms with E-state index in [2.05, 4.69) is 9.88 Å². The Balaban J connectivity index is 1.36. The summed E-state index contributed by atoms with van der Waals surface area (Å²) in [5, 5.41) is 0. The van der Waals surface area contributed by atoms with E-state index in [9.17, 15) is 9.59 Å². The number of amides is 1. The van der Waals surface area contributed by atoms with Crippen molar-refractivity contribution in [1.82, 2.24) is 14.8 Å². The van der Waals surface area contributed by atoms with Crippen molar-refractivity contribution in [2.75, 3.05) is 32.7 Å². The van der Waals surface area contributed by atoms with Crippen LogP contribution in [0.5, 0.6) is 0 Å². The van der Waals surface area contributed by atoms with E-state index in [0.717, 1.165) is 10.2 Å². The van der Waals surface area contributed by atoms with Gasteiger partial charge in [-0.15, -0.1) is 11.3 Å². The lowest BCUT2D eigenvalue weighted by molar-refractivity contribution is 0.0620. The molecule has 7 heteroatoms. The molecule has 1 fully saturated rings. The van der Waals surface area contributed by atoms with E-state index in [4.69, 9.17) is 4.42 Å². The van der Waals surface area contributed by atoms with Gasteiger partial charge in [-0.25, -0.2) is 4.98 Å². The molecular formula is C18H17N3O3S. The molecular weight excluding hydrogens is 338 g/mol. The molecule has 1 saturated heterocycles. The zero-order chi connectivity index (χ0) is 17.2. The number of piperazine rings is 1. The number of ketones is 1.